The topological polar surface area (TPSA) is 17.1 Å². The molecular weight excluding hydrogens is 172 g/mol. The number of carbonyl (C=O) groups excluding carboxylic acids is 1. The fourth-order valence-electron chi connectivity index (χ4n) is 2.38. The number of hydrogen-bond acceptors (Lipinski definition) is 1. The van der Waals surface area contributed by atoms with Crippen LogP contribution in [0.5, 0.6) is 0 Å². The molecule has 1 heteroatoms. The summed E-state index contributed by atoms with van der Waals surface area (Å²) in [5, 5.41) is 0. The lowest BCUT2D eigenvalue weighted by Gasteiger charge is -2.25. The van der Waals surface area contributed by atoms with E-state index in [9.17, 15) is 4.79 Å². The Bertz CT molecular complexity index is 315. The van der Waals surface area contributed by atoms with E-state index in [1.807, 2.05) is 6.07 Å². The van der Waals surface area contributed by atoms with E-state index < -0.39 is 0 Å². The lowest BCUT2D eigenvalue weighted by Crippen LogP contribution is -2.19. The van der Waals surface area contributed by atoms with Crippen LogP contribution in [0.25, 0.3) is 0 Å². The Morgan fingerprint density at radius 1 is 1.14 bits per heavy atom. The van der Waals surface area contributed by atoms with Gasteiger partial charge in [0.1, 0.15) is 5.78 Å². The van der Waals surface area contributed by atoms with Gasteiger partial charge < -0.3 is 0 Å². The fourth-order valence-corrected chi connectivity index (χ4v) is 2.38. The van der Waals surface area contributed by atoms with Gasteiger partial charge in [-0.05, 0) is 23.8 Å². The minimum absolute atomic E-state index is 0.428. The summed E-state index contributed by atoms with van der Waals surface area (Å²) < 4.78 is 0. The molecule has 1 saturated carbocycles. The summed E-state index contributed by atoms with van der Waals surface area (Å²) >= 11 is 0. The zero-order chi connectivity index (χ0) is 9.97. The Balaban J connectivity index is 2.15. The van der Waals surface area contributed by atoms with E-state index in [2.05, 4.69) is 31.2 Å². The molecule has 1 fully saturated rings. The molecule has 0 aromatic heterocycles. The highest BCUT2D eigenvalue weighted by Gasteiger charge is 2.25. The van der Waals surface area contributed by atoms with Gasteiger partial charge in [0, 0.05) is 12.8 Å². The predicted octanol–water partition coefficient (Wildman–Crippen LogP) is 3.16. The molecular formula is C13H16O. The van der Waals surface area contributed by atoms with Gasteiger partial charge in [0.05, 0.1) is 0 Å². The zero-order valence-electron chi connectivity index (χ0n) is 8.57. The van der Waals surface area contributed by atoms with Gasteiger partial charge in [0.15, 0.2) is 0 Å². The van der Waals surface area contributed by atoms with Gasteiger partial charge in [-0.1, -0.05) is 37.3 Å². The lowest BCUT2D eigenvalue weighted by molar-refractivity contribution is -0.121. The zero-order valence-corrected chi connectivity index (χ0v) is 8.57. The highest BCUT2D eigenvalue weighted by Crippen LogP contribution is 2.33. The van der Waals surface area contributed by atoms with Crippen LogP contribution in [0.4, 0.5) is 0 Å². The summed E-state index contributed by atoms with van der Waals surface area (Å²) in [7, 11) is 0. The van der Waals surface area contributed by atoms with Crippen LogP contribution in [0, 0.1) is 5.92 Å². The molecule has 0 spiro atoms. The number of hydrogen-bond donors (Lipinski definition) is 0. The van der Waals surface area contributed by atoms with Gasteiger partial charge in [-0.2, -0.15) is 0 Å². The molecule has 1 nitrogen and oxygen atoms in total. The van der Waals surface area contributed by atoms with Crippen LogP contribution in [0.15, 0.2) is 30.3 Å². The number of Topliss-reactive ketones (excluding diaryl/α,β-unsaturated/α-hetero) is 1. The fraction of sp³-hybridized carbons (Fsp3) is 0.462. The van der Waals surface area contributed by atoms with Crippen molar-refractivity contribution in [1.82, 2.24) is 0 Å². The maximum absolute atomic E-state index is 11.5. The molecule has 1 aromatic carbocycles. The monoisotopic (exact) mass is 188 g/mol. The van der Waals surface area contributed by atoms with E-state index in [1.165, 1.54) is 5.56 Å². The van der Waals surface area contributed by atoms with Crippen LogP contribution in [-0.4, -0.2) is 5.78 Å². The van der Waals surface area contributed by atoms with Crippen molar-refractivity contribution in [2.75, 3.05) is 0 Å². The molecule has 74 valence electrons. The number of ketones is 1. The minimum Gasteiger partial charge on any atom is -0.300 e. The SMILES string of the molecule is C[C@@H]1CC(=O)C[C@@H](c2ccccc2)C1. The highest BCUT2D eigenvalue weighted by atomic mass is 16.1. The van der Waals surface area contributed by atoms with Gasteiger partial charge in [0.2, 0.25) is 0 Å². The standard InChI is InChI=1S/C13H16O/c1-10-7-12(9-13(14)8-10)11-5-3-2-4-6-11/h2-6,10,12H,7-9H2,1H3/t10-,12-/m0/s1. The Morgan fingerprint density at radius 2 is 1.86 bits per heavy atom. The first-order valence-electron chi connectivity index (χ1n) is 5.32. The predicted molar refractivity (Wildman–Crippen MR) is 57.2 cm³/mol. The van der Waals surface area contributed by atoms with E-state index in [0.717, 1.165) is 19.3 Å². The highest BCUT2D eigenvalue weighted by molar-refractivity contribution is 5.80. The summed E-state index contributed by atoms with van der Waals surface area (Å²) in [6.07, 6.45) is 2.69. The normalized spacial score (nSPS) is 27.6. The molecule has 0 aliphatic heterocycles. The van der Waals surface area contributed by atoms with Crippen LogP contribution < -0.4 is 0 Å². The maximum Gasteiger partial charge on any atom is 0.133 e. The summed E-state index contributed by atoms with van der Waals surface area (Å²) in [6, 6.07) is 10.4. The summed E-state index contributed by atoms with van der Waals surface area (Å²) in [5.41, 5.74) is 1.33. The average molecular weight is 188 g/mol. The van der Waals surface area contributed by atoms with Gasteiger partial charge in [-0.3, -0.25) is 4.79 Å². The third kappa shape index (κ3) is 2.03. The number of benzene rings is 1. The van der Waals surface area contributed by atoms with E-state index in [1.54, 1.807) is 0 Å². The van der Waals surface area contributed by atoms with Gasteiger partial charge in [-0.15, -0.1) is 0 Å². The molecule has 0 heterocycles. The third-order valence-corrected chi connectivity index (χ3v) is 3.01. The molecule has 14 heavy (non-hydrogen) atoms. The van der Waals surface area contributed by atoms with Crippen molar-refractivity contribution >= 4 is 5.78 Å². The molecule has 1 aliphatic rings. The first-order valence-corrected chi connectivity index (χ1v) is 5.32. The van der Waals surface area contributed by atoms with Crippen molar-refractivity contribution in [3.05, 3.63) is 35.9 Å². The second-order valence-electron chi connectivity index (χ2n) is 4.40. The maximum atomic E-state index is 11.5. The summed E-state index contributed by atoms with van der Waals surface area (Å²) in [5.74, 6) is 1.45. The van der Waals surface area contributed by atoms with Crippen LogP contribution in [-0.2, 0) is 4.79 Å². The largest absolute Gasteiger partial charge is 0.300 e. The lowest BCUT2D eigenvalue weighted by atomic mass is 9.78. The molecule has 1 aromatic rings. The Morgan fingerprint density at radius 3 is 2.50 bits per heavy atom. The average Bonchev–Trinajstić information content (AvgIpc) is 2.18. The first kappa shape index (κ1) is 9.45. The Labute approximate surface area is 85.1 Å². The van der Waals surface area contributed by atoms with E-state index in [4.69, 9.17) is 0 Å². The van der Waals surface area contributed by atoms with E-state index >= 15 is 0 Å². The van der Waals surface area contributed by atoms with Crippen molar-refractivity contribution in [2.24, 2.45) is 5.92 Å². The molecule has 2 atom stereocenters. The van der Waals surface area contributed by atoms with E-state index in [0.29, 0.717) is 17.6 Å². The van der Waals surface area contributed by atoms with Crippen LogP contribution in [0.2, 0.25) is 0 Å². The second kappa shape index (κ2) is 3.95. The van der Waals surface area contributed by atoms with Gasteiger partial charge >= 0.3 is 0 Å². The first-order chi connectivity index (χ1) is 6.75. The van der Waals surface area contributed by atoms with Crippen molar-refractivity contribution in [2.45, 2.75) is 32.1 Å². The third-order valence-electron chi connectivity index (χ3n) is 3.01. The molecule has 0 saturated heterocycles. The summed E-state index contributed by atoms with van der Waals surface area (Å²) in [6.45, 7) is 2.17. The summed E-state index contributed by atoms with van der Waals surface area (Å²) in [4.78, 5) is 11.5. The number of rotatable bonds is 1. The minimum atomic E-state index is 0.428. The van der Waals surface area contributed by atoms with Crippen LogP contribution in [0.3, 0.4) is 0 Å². The Kier molecular flexibility index (Phi) is 2.67. The molecule has 0 bridgehead atoms. The molecule has 0 amide bonds. The Hall–Kier alpha value is -1.11. The van der Waals surface area contributed by atoms with Crippen molar-refractivity contribution < 1.29 is 4.79 Å². The van der Waals surface area contributed by atoms with Crippen LogP contribution in [0.1, 0.15) is 37.7 Å². The molecule has 2 rings (SSSR count). The molecule has 1 aliphatic carbocycles. The molecule has 0 N–H and O–H groups in total. The number of carbonyl (C=O) groups is 1. The van der Waals surface area contributed by atoms with E-state index in [-0.39, 0.29) is 0 Å². The van der Waals surface area contributed by atoms with Crippen molar-refractivity contribution in [1.29, 1.82) is 0 Å². The van der Waals surface area contributed by atoms with Gasteiger partial charge in [-0.25, -0.2) is 0 Å². The van der Waals surface area contributed by atoms with Gasteiger partial charge in [0.25, 0.3) is 0 Å². The van der Waals surface area contributed by atoms with Crippen LogP contribution >= 0.6 is 0 Å². The van der Waals surface area contributed by atoms with Crippen molar-refractivity contribution in [3.63, 3.8) is 0 Å². The van der Waals surface area contributed by atoms with Crippen molar-refractivity contribution in [3.8, 4) is 0 Å². The quantitative estimate of drug-likeness (QED) is 0.661. The smallest absolute Gasteiger partial charge is 0.133 e. The second-order valence-corrected chi connectivity index (χ2v) is 4.40. The molecule has 0 unspecified atom stereocenters. The molecule has 0 radical (unpaired) electrons.